The first-order chi connectivity index (χ1) is 14.4. The molecule has 1 aromatic carbocycles. The molecule has 9 nitrogen and oxygen atoms in total. The maximum atomic E-state index is 11.0. The number of aliphatic hydroxyl groups is 3. The van der Waals surface area contributed by atoms with Gasteiger partial charge < -0.3 is 20.1 Å². The van der Waals surface area contributed by atoms with Crippen LogP contribution in [0.3, 0.4) is 0 Å². The van der Waals surface area contributed by atoms with Crippen molar-refractivity contribution in [2.45, 2.75) is 34.7 Å². The highest BCUT2D eigenvalue weighted by atomic mass is 35.5. The van der Waals surface area contributed by atoms with Gasteiger partial charge in [-0.1, -0.05) is 63.1 Å². The van der Waals surface area contributed by atoms with Crippen molar-refractivity contribution in [2.75, 3.05) is 6.61 Å². The minimum absolute atomic E-state index is 0.223. The minimum Gasteiger partial charge on any atom is -0.394 e. The molecule has 1 aliphatic rings. The third kappa shape index (κ3) is 4.31. The van der Waals surface area contributed by atoms with Crippen molar-refractivity contribution in [1.29, 1.82) is 0 Å². The first-order valence-corrected chi connectivity index (χ1v) is 11.4. The molecule has 3 N–H and O–H groups in total. The van der Waals surface area contributed by atoms with E-state index in [1.807, 2.05) is 0 Å². The molecule has 0 unspecified atom stereocenters. The van der Waals surface area contributed by atoms with Crippen molar-refractivity contribution in [3.05, 3.63) is 38.9 Å². The Labute approximate surface area is 193 Å². The van der Waals surface area contributed by atoms with Gasteiger partial charge in [0.15, 0.2) is 5.01 Å². The van der Waals surface area contributed by atoms with Crippen LogP contribution in [-0.2, 0) is 4.74 Å². The number of thioether (sulfide) groups is 1. The molecule has 5 atom stereocenters. The van der Waals surface area contributed by atoms with Crippen LogP contribution >= 0.6 is 57.9 Å². The summed E-state index contributed by atoms with van der Waals surface area (Å²) in [4.78, 5) is 0.596. The van der Waals surface area contributed by atoms with Crippen LogP contribution in [0.25, 0.3) is 10.7 Å². The predicted molar refractivity (Wildman–Crippen MR) is 113 cm³/mol. The highest BCUT2D eigenvalue weighted by molar-refractivity contribution is 7.99. The van der Waals surface area contributed by atoms with Crippen molar-refractivity contribution in [2.24, 2.45) is 0 Å². The van der Waals surface area contributed by atoms with E-state index in [9.17, 15) is 15.3 Å². The van der Waals surface area contributed by atoms with Gasteiger partial charge in [0, 0.05) is 4.90 Å². The second-order valence-corrected chi connectivity index (χ2v) is 9.54. The fraction of sp³-hybridized carbons (Fsp3) is 0.375. The SMILES string of the molecule is OC[C@H]1O[C@H](Sc2cc(Cl)c(Cl)c(Cl)c2)[C@H](O)[C@@H](n2cc(-c3nncs3)nn2)[C@H]1O. The standard InChI is InChI=1S/C16H14Cl3N5O4S2/c17-7-1-6(2-8(18)11(7)19)30-16-14(27)12(13(26)10(4-25)28-16)24-3-9(21-23-24)15-22-20-5-29-15/h1-3,5,10,12-14,16,25-27H,4H2/t10-,12+,13+,14-,16-/m1/s1. The summed E-state index contributed by atoms with van der Waals surface area (Å²) in [5.41, 5.74) is 1.14. The normalized spacial score (nSPS) is 26.8. The molecule has 30 heavy (non-hydrogen) atoms. The van der Waals surface area contributed by atoms with E-state index in [1.165, 1.54) is 16.0 Å². The summed E-state index contributed by atoms with van der Waals surface area (Å²) in [5.74, 6) is 0. The van der Waals surface area contributed by atoms with Crippen LogP contribution in [0, 0.1) is 0 Å². The molecule has 1 saturated heterocycles. The number of halogens is 3. The highest BCUT2D eigenvalue weighted by Gasteiger charge is 2.46. The lowest BCUT2D eigenvalue weighted by Gasteiger charge is -2.41. The summed E-state index contributed by atoms with van der Waals surface area (Å²) in [6.07, 6.45) is -1.84. The molecule has 4 rings (SSSR count). The summed E-state index contributed by atoms with van der Waals surface area (Å²) >= 11 is 20.6. The largest absolute Gasteiger partial charge is 0.394 e. The van der Waals surface area contributed by atoms with Gasteiger partial charge in [0.2, 0.25) is 0 Å². The molecule has 3 aromatic rings. The van der Waals surface area contributed by atoms with Crippen molar-refractivity contribution >= 4 is 57.9 Å². The van der Waals surface area contributed by atoms with Gasteiger partial charge in [0.25, 0.3) is 0 Å². The van der Waals surface area contributed by atoms with Crippen LogP contribution in [0.1, 0.15) is 6.04 Å². The fourth-order valence-electron chi connectivity index (χ4n) is 3.02. The van der Waals surface area contributed by atoms with E-state index >= 15 is 0 Å². The van der Waals surface area contributed by atoms with E-state index in [4.69, 9.17) is 39.5 Å². The summed E-state index contributed by atoms with van der Waals surface area (Å²) in [6, 6.07) is 2.25. The van der Waals surface area contributed by atoms with Gasteiger partial charge in [-0.2, -0.15) is 0 Å². The van der Waals surface area contributed by atoms with Crippen LogP contribution in [0.2, 0.25) is 15.1 Å². The molecule has 0 amide bonds. The zero-order chi connectivity index (χ0) is 21.4. The third-order valence-electron chi connectivity index (χ3n) is 4.45. The van der Waals surface area contributed by atoms with Crippen molar-refractivity contribution in [3.8, 4) is 10.7 Å². The molecule has 0 radical (unpaired) electrons. The Hall–Kier alpha value is -1.02. The second-order valence-electron chi connectivity index (χ2n) is 6.34. The fourth-order valence-corrected chi connectivity index (χ4v) is 5.38. The number of hydrogen-bond donors (Lipinski definition) is 3. The Morgan fingerprint density at radius 3 is 2.50 bits per heavy atom. The Balaban J connectivity index is 1.62. The molecule has 160 valence electrons. The van der Waals surface area contributed by atoms with Crippen LogP contribution in [0.5, 0.6) is 0 Å². The van der Waals surface area contributed by atoms with Crippen molar-refractivity contribution < 1.29 is 20.1 Å². The van der Waals surface area contributed by atoms with E-state index in [0.29, 0.717) is 15.6 Å². The average molecular weight is 511 g/mol. The zero-order valence-electron chi connectivity index (χ0n) is 14.8. The maximum absolute atomic E-state index is 11.0. The summed E-state index contributed by atoms with van der Waals surface area (Å²) < 4.78 is 7.06. The molecule has 3 heterocycles. The van der Waals surface area contributed by atoms with Crippen LogP contribution in [0.4, 0.5) is 0 Å². The van der Waals surface area contributed by atoms with E-state index in [0.717, 1.165) is 11.8 Å². The maximum Gasteiger partial charge on any atom is 0.169 e. The van der Waals surface area contributed by atoms with E-state index in [2.05, 4.69) is 20.5 Å². The number of benzene rings is 1. The topological polar surface area (TPSA) is 126 Å². The predicted octanol–water partition coefficient (Wildman–Crippen LogP) is 2.53. The monoisotopic (exact) mass is 509 g/mol. The molecule has 0 spiro atoms. The molecule has 1 aliphatic heterocycles. The number of aromatic nitrogens is 5. The van der Waals surface area contributed by atoms with Crippen LogP contribution in [-0.4, -0.2) is 70.9 Å². The quantitative estimate of drug-likeness (QED) is 0.444. The Bertz CT molecular complexity index is 1000. The number of rotatable bonds is 5. The number of aliphatic hydroxyl groups excluding tert-OH is 3. The van der Waals surface area contributed by atoms with Gasteiger partial charge in [-0.25, -0.2) is 4.68 Å². The number of nitrogens with zero attached hydrogens (tertiary/aromatic N) is 5. The van der Waals surface area contributed by atoms with E-state index < -0.39 is 36.4 Å². The van der Waals surface area contributed by atoms with Gasteiger partial charge in [-0.05, 0) is 12.1 Å². The first kappa shape index (κ1) is 22.2. The number of hydrogen-bond acceptors (Lipinski definition) is 10. The Morgan fingerprint density at radius 2 is 1.87 bits per heavy atom. The molecular weight excluding hydrogens is 497 g/mol. The van der Waals surface area contributed by atoms with E-state index in [1.54, 1.807) is 23.8 Å². The zero-order valence-corrected chi connectivity index (χ0v) is 18.7. The van der Waals surface area contributed by atoms with Crippen molar-refractivity contribution in [3.63, 3.8) is 0 Å². The summed E-state index contributed by atoms with van der Waals surface area (Å²) in [5, 5.41) is 48.4. The Morgan fingerprint density at radius 1 is 1.13 bits per heavy atom. The average Bonchev–Trinajstić information content (AvgIpc) is 3.40. The Kier molecular flexibility index (Phi) is 6.82. The molecule has 0 bridgehead atoms. The van der Waals surface area contributed by atoms with Crippen LogP contribution < -0.4 is 0 Å². The lowest BCUT2D eigenvalue weighted by atomic mass is 9.97. The molecule has 1 fully saturated rings. The molecule has 0 aliphatic carbocycles. The second kappa shape index (κ2) is 9.23. The molecule has 14 heteroatoms. The van der Waals surface area contributed by atoms with Gasteiger partial charge in [-0.15, -0.1) is 15.3 Å². The van der Waals surface area contributed by atoms with Crippen LogP contribution in [0.15, 0.2) is 28.7 Å². The lowest BCUT2D eigenvalue weighted by molar-refractivity contribution is -0.178. The minimum atomic E-state index is -1.23. The highest BCUT2D eigenvalue weighted by Crippen LogP contribution is 2.41. The lowest BCUT2D eigenvalue weighted by Crippen LogP contribution is -2.55. The molecular formula is C16H14Cl3N5O4S2. The summed E-state index contributed by atoms with van der Waals surface area (Å²) in [6.45, 7) is -0.457. The van der Waals surface area contributed by atoms with Gasteiger partial charge >= 0.3 is 0 Å². The van der Waals surface area contributed by atoms with E-state index in [-0.39, 0.29) is 15.1 Å². The molecule has 0 saturated carbocycles. The third-order valence-corrected chi connectivity index (χ3v) is 7.49. The smallest absolute Gasteiger partial charge is 0.169 e. The first-order valence-electron chi connectivity index (χ1n) is 8.51. The number of ether oxygens (including phenoxy) is 1. The van der Waals surface area contributed by atoms with Crippen molar-refractivity contribution in [1.82, 2.24) is 25.2 Å². The van der Waals surface area contributed by atoms with Gasteiger partial charge in [-0.3, -0.25) is 0 Å². The van der Waals surface area contributed by atoms with Gasteiger partial charge in [0.1, 0.15) is 41.0 Å². The summed E-state index contributed by atoms with van der Waals surface area (Å²) in [7, 11) is 0. The van der Waals surface area contributed by atoms with Gasteiger partial charge in [0.05, 0.1) is 27.9 Å². The molecule has 2 aromatic heterocycles.